The van der Waals surface area contributed by atoms with E-state index in [-0.39, 0.29) is 2440 Å². The summed E-state index contributed by atoms with van der Waals surface area (Å²) < 4.78 is 0. The fourth-order valence-electron chi connectivity index (χ4n) is 0. The van der Waals surface area contributed by atoms with Gasteiger partial charge in [0.2, 0.25) is 0 Å². The second-order valence-corrected chi connectivity index (χ2v) is 0. The van der Waals surface area contributed by atoms with Gasteiger partial charge in [0, 0.05) is 0 Å². The van der Waals surface area contributed by atoms with Crippen LogP contribution in [0.2, 0.25) is 0 Å². The van der Waals surface area contributed by atoms with Gasteiger partial charge in [-0.2, -0.15) is 0 Å². The van der Waals surface area contributed by atoms with E-state index in [9.17, 15) is 0 Å². The molecule has 100 heavy (non-hydrogen) atoms. The number of halogens is 30. The summed E-state index contributed by atoms with van der Waals surface area (Å²) in [5.41, 5.74) is 0. The van der Waals surface area contributed by atoms with Gasteiger partial charge in [-0.3, -0.25) is 0 Å². The molecular formula is H100Cl30Na70. The third-order valence-electron chi connectivity index (χ3n) is 0. The van der Waals surface area contributed by atoms with E-state index in [1.807, 2.05) is 0 Å². The minimum atomic E-state index is 0. The molecule has 0 aliphatic carbocycles. The van der Waals surface area contributed by atoms with Crippen molar-refractivity contribution in [2.45, 2.75) is 0 Å². The Morgan fingerprint density at radius 3 is 0.0200 bits per heavy atom. The summed E-state index contributed by atoms with van der Waals surface area (Å²) in [6.07, 6.45) is 0. The van der Waals surface area contributed by atoms with Gasteiger partial charge in [0.05, 0.1) is 0 Å². The van der Waals surface area contributed by atoms with Gasteiger partial charge in [-0.25, -0.2) is 0 Å². The molecule has 0 saturated carbocycles. The molecule has 0 aliphatic heterocycles. The van der Waals surface area contributed by atoms with Crippen molar-refractivity contribution in [3.8, 4) is 0 Å². The van der Waals surface area contributed by atoms with Crippen molar-refractivity contribution in [1.29, 1.82) is 0 Å². The standard InChI is InChI=1S/30ClH.70Na.70H/h30*1H;;;;;;;;;;;;;;;;;;;;;;;;;;;;;;;;;;;;;;;;;;;;;;;;;;;;;;;;;;;;;;;;;;;;;;;;;;;;;;;;;;;;;;;;;;;;;;;;;;;;;;;;;;;;;;;;;;;;;;;;;;;;;;;;;;;;;;;;;;;;. The van der Waals surface area contributed by atoms with Crippen molar-refractivity contribution in [3.63, 3.8) is 0 Å². The van der Waals surface area contributed by atoms with Crippen molar-refractivity contribution in [1.82, 2.24) is 0 Å². The molecular weight excluding hydrogens is 2670 g/mol. The molecule has 0 fully saturated rings. The van der Waals surface area contributed by atoms with Crippen molar-refractivity contribution in [3.05, 3.63) is 0 Å². The Labute approximate surface area is 2350 Å². The summed E-state index contributed by atoms with van der Waals surface area (Å²) in [7, 11) is 0. The Bertz CT molecular complexity index is 88.1. The van der Waals surface area contributed by atoms with E-state index in [0.717, 1.165) is 0 Å². The van der Waals surface area contributed by atoms with Crippen molar-refractivity contribution < 1.29 is 0 Å². The second-order valence-electron chi connectivity index (χ2n) is 0. The topological polar surface area (TPSA) is 0 Å². The van der Waals surface area contributed by atoms with Crippen LogP contribution in [-0.4, -0.2) is 2070 Å². The maximum atomic E-state index is 0. The number of hydrogen-bond acceptors (Lipinski definition) is 0. The molecule has 0 heterocycles. The fourth-order valence-corrected chi connectivity index (χ4v) is 0. The number of rotatable bonds is 0. The zero-order chi connectivity index (χ0) is 0. The van der Waals surface area contributed by atoms with Crippen molar-refractivity contribution in [2.24, 2.45) is 0 Å². The summed E-state index contributed by atoms with van der Waals surface area (Å²) in [6.45, 7) is 0. The molecule has 0 aromatic heterocycles. The first kappa shape index (κ1) is 911. The Morgan fingerprint density at radius 2 is 0.0200 bits per heavy atom. The van der Waals surface area contributed by atoms with Gasteiger partial charge in [-0.1, -0.05) is 0 Å². The van der Waals surface area contributed by atoms with Crippen LogP contribution in [0.25, 0.3) is 0 Å². The third-order valence-corrected chi connectivity index (χ3v) is 0. The van der Waals surface area contributed by atoms with E-state index in [2.05, 4.69) is 0 Å². The van der Waals surface area contributed by atoms with Gasteiger partial charge >= 0.3 is 2070 Å². The van der Waals surface area contributed by atoms with E-state index in [4.69, 9.17) is 0 Å². The molecule has 0 saturated heterocycles. The van der Waals surface area contributed by atoms with Gasteiger partial charge in [-0.05, 0) is 0 Å². The molecule has 0 spiro atoms. The molecule has 100 heteroatoms. The van der Waals surface area contributed by atoms with Crippen LogP contribution in [-0.2, 0) is 0 Å². The van der Waals surface area contributed by atoms with Gasteiger partial charge in [0.15, 0.2) is 0 Å². The molecule has 380 valence electrons. The zero-order valence-electron chi connectivity index (χ0n) is 12.2. The van der Waals surface area contributed by atoms with Crippen LogP contribution >= 0.6 is 372 Å². The summed E-state index contributed by atoms with van der Waals surface area (Å²) in [4.78, 5) is 0. The Balaban J connectivity index is 0. The van der Waals surface area contributed by atoms with Crippen LogP contribution in [0, 0.1) is 0 Å². The average molecular weight is 2770 g/mol. The Kier molecular flexibility index (Phi) is 8160. The van der Waals surface area contributed by atoms with Gasteiger partial charge in [-0.15, -0.1) is 372 Å². The molecule has 0 atom stereocenters. The summed E-state index contributed by atoms with van der Waals surface area (Å²) in [5, 5.41) is 0. The monoisotopic (exact) mass is 2760 g/mol. The molecule has 0 aromatic carbocycles. The summed E-state index contributed by atoms with van der Waals surface area (Å²) >= 11 is 0. The van der Waals surface area contributed by atoms with Gasteiger partial charge in [0.1, 0.15) is 0 Å². The van der Waals surface area contributed by atoms with E-state index < -0.39 is 0 Å². The maximum absolute atomic E-state index is 0. The van der Waals surface area contributed by atoms with Gasteiger partial charge < -0.3 is 0 Å². The molecule has 0 aromatic rings. The van der Waals surface area contributed by atoms with E-state index in [1.54, 1.807) is 0 Å². The number of hydrogen-bond donors (Lipinski definition) is 0. The minimum absolute atomic E-state index is 0. The van der Waals surface area contributed by atoms with E-state index in [0.29, 0.717) is 0 Å². The van der Waals surface area contributed by atoms with Crippen LogP contribution in [0.15, 0.2) is 0 Å². The molecule has 0 amide bonds. The van der Waals surface area contributed by atoms with Crippen molar-refractivity contribution in [2.75, 3.05) is 0 Å². The summed E-state index contributed by atoms with van der Waals surface area (Å²) in [5.74, 6) is 0. The molecule has 0 rings (SSSR count). The Hall–Kier alpha value is 78.7. The first-order valence-electron chi connectivity index (χ1n) is 0. The zero-order valence-corrected chi connectivity index (χ0v) is 36.7. The van der Waals surface area contributed by atoms with Gasteiger partial charge in [0.25, 0.3) is 0 Å². The predicted octanol–water partition coefficient (Wildman–Crippen LogP) is -32.7. The molecule has 0 nitrogen and oxygen atoms in total. The average Bonchev–Trinajstić information content (AvgIpc) is 0. The van der Waals surface area contributed by atoms with Crippen molar-refractivity contribution >= 4 is 2440 Å². The molecule has 0 radical (unpaired) electrons. The Morgan fingerprint density at radius 1 is 0.0200 bits per heavy atom. The van der Waals surface area contributed by atoms with Crippen LogP contribution in [0.5, 0.6) is 0 Å². The molecule has 0 unspecified atom stereocenters. The predicted molar refractivity (Wildman–Crippen MR) is 718 cm³/mol. The first-order valence-corrected chi connectivity index (χ1v) is 0. The van der Waals surface area contributed by atoms with E-state index in [1.165, 1.54) is 0 Å². The second kappa shape index (κ2) is 896. The normalized spacial score (nSPS) is 0. The molecule has 0 N–H and O–H groups in total. The SMILES string of the molecule is Cl.Cl.Cl.Cl.Cl.Cl.Cl.Cl.Cl.Cl.Cl.Cl.Cl.Cl.Cl.Cl.Cl.Cl.Cl.Cl.Cl.Cl.Cl.Cl.Cl.Cl.Cl.Cl.Cl.Cl.[NaH].[NaH].[NaH].[NaH].[NaH].[NaH].[NaH].[NaH].[NaH].[NaH].[NaH].[NaH].[NaH].[NaH].[NaH].[NaH].[NaH].[NaH].[NaH].[NaH].[NaH].[NaH].[NaH].[NaH].[NaH].[NaH].[NaH].[NaH].[NaH].[NaH].[NaH].[NaH].[NaH].[NaH].[NaH].[NaH].[NaH].[NaH].[NaH].[NaH].[NaH].[NaH].[NaH].[NaH].[NaH].[NaH].[NaH].[NaH].[NaH].[NaH].[NaH].[NaH].[NaH].[NaH].[NaH].[NaH].[NaH].[NaH].[NaH].[NaH].[NaH].[NaH].[NaH].[NaH].[NaH].[NaH].[NaH].[NaH].[NaH].[NaH]. The van der Waals surface area contributed by atoms with Crippen LogP contribution in [0.4, 0.5) is 0 Å². The van der Waals surface area contributed by atoms with Crippen LogP contribution in [0.1, 0.15) is 0 Å². The van der Waals surface area contributed by atoms with Crippen LogP contribution < -0.4 is 0 Å². The quantitative estimate of drug-likeness (QED) is 0.212. The first-order chi connectivity index (χ1) is 0. The third kappa shape index (κ3) is 881. The van der Waals surface area contributed by atoms with E-state index >= 15 is 0 Å². The fraction of sp³-hybridized carbons (Fsp3) is 0. The molecule has 0 bridgehead atoms. The summed E-state index contributed by atoms with van der Waals surface area (Å²) in [6, 6.07) is 0. The van der Waals surface area contributed by atoms with Crippen LogP contribution in [0.3, 0.4) is 0 Å². The molecule has 0 aliphatic rings.